The summed E-state index contributed by atoms with van der Waals surface area (Å²) in [6.45, 7) is 9.28. The maximum absolute atomic E-state index is 13.3. The Balaban J connectivity index is 1.73. The molecule has 0 aliphatic heterocycles. The van der Waals surface area contributed by atoms with Crippen LogP contribution >= 0.6 is 0 Å². The fraction of sp³-hybridized carbons (Fsp3) is 0.586. The second-order valence-electron chi connectivity index (χ2n) is 10.0. The molecule has 7 nitrogen and oxygen atoms in total. The number of carbonyl (C=O) groups is 2. The molecule has 0 amide bonds. The number of hydrogen-bond donors (Lipinski definition) is 0. The molecule has 0 aromatic heterocycles. The molecule has 2 aliphatic rings. The minimum absolute atomic E-state index is 0.0796. The highest BCUT2D eigenvalue weighted by atomic mass is 16.7. The number of rotatable bonds is 14. The number of allylic oxidation sites excluding steroid dienone is 1. The maximum atomic E-state index is 13.3. The van der Waals surface area contributed by atoms with Crippen LogP contribution in [0, 0.1) is 17.3 Å². The van der Waals surface area contributed by atoms with Gasteiger partial charge in [0.1, 0.15) is 31.2 Å². The third kappa shape index (κ3) is 5.90. The zero-order valence-corrected chi connectivity index (χ0v) is 22.0. The van der Waals surface area contributed by atoms with Crippen LogP contribution in [-0.2, 0) is 35.1 Å². The van der Waals surface area contributed by atoms with E-state index in [2.05, 4.69) is 20.4 Å². The SMILES string of the molecule is C=CCOC(=O)CC(=O)C1=CCC[C@]2(C)[C@@H]([C@H](C)COCc3ccc(OC)cc3)CC[C@]12OCOC. The molecule has 2 aliphatic carbocycles. The molecule has 7 heteroatoms. The molecule has 1 fully saturated rings. The molecule has 1 saturated carbocycles. The highest BCUT2D eigenvalue weighted by Gasteiger charge is 2.62. The second-order valence-corrected chi connectivity index (χ2v) is 10.0. The Kier molecular flexibility index (Phi) is 9.88. The molecule has 1 aromatic rings. The van der Waals surface area contributed by atoms with Crippen molar-refractivity contribution >= 4 is 11.8 Å². The van der Waals surface area contributed by atoms with Gasteiger partial charge in [-0.25, -0.2) is 0 Å². The van der Waals surface area contributed by atoms with Crippen molar-refractivity contribution in [3.63, 3.8) is 0 Å². The summed E-state index contributed by atoms with van der Waals surface area (Å²) in [5, 5.41) is 0. The van der Waals surface area contributed by atoms with E-state index in [0.29, 0.717) is 25.2 Å². The smallest absolute Gasteiger partial charge is 0.313 e. The highest BCUT2D eigenvalue weighted by molar-refractivity contribution is 6.07. The lowest BCUT2D eigenvalue weighted by molar-refractivity contribution is -0.172. The standard InChI is InChI=1S/C29H40O7/c1-6-16-35-27(31)17-26(30)25-8-7-14-28(3)24(13-15-29(25,28)36-20-32-4)21(2)18-34-19-22-9-11-23(33-5)12-10-22/h6,8-12,21,24H,1,7,13-20H2,2-5H3/t21-,24-,28-,29+/m1/s1. The van der Waals surface area contributed by atoms with Crippen molar-refractivity contribution in [3.05, 3.63) is 54.1 Å². The normalized spacial score (nSPS) is 26.0. The van der Waals surface area contributed by atoms with Crippen molar-refractivity contribution in [2.24, 2.45) is 17.3 Å². The molecule has 0 bridgehead atoms. The predicted octanol–water partition coefficient (Wildman–Crippen LogP) is 5.03. The van der Waals surface area contributed by atoms with Crippen molar-refractivity contribution in [1.29, 1.82) is 0 Å². The van der Waals surface area contributed by atoms with E-state index < -0.39 is 11.6 Å². The summed E-state index contributed by atoms with van der Waals surface area (Å²) in [5.41, 5.74) is 0.582. The molecule has 0 N–H and O–H groups in total. The van der Waals surface area contributed by atoms with Gasteiger partial charge in [0, 0.05) is 24.7 Å². The monoisotopic (exact) mass is 500 g/mol. The zero-order chi connectivity index (χ0) is 26.2. The largest absolute Gasteiger partial charge is 0.497 e. The first kappa shape index (κ1) is 28.1. The molecular formula is C29H40O7. The molecule has 0 spiro atoms. The van der Waals surface area contributed by atoms with Crippen LogP contribution in [0.5, 0.6) is 5.75 Å². The van der Waals surface area contributed by atoms with Crippen LogP contribution in [0.25, 0.3) is 0 Å². The first-order valence-corrected chi connectivity index (χ1v) is 12.6. The van der Waals surface area contributed by atoms with Crippen molar-refractivity contribution in [1.82, 2.24) is 0 Å². The predicted molar refractivity (Wildman–Crippen MR) is 136 cm³/mol. The van der Waals surface area contributed by atoms with E-state index in [1.807, 2.05) is 30.3 Å². The van der Waals surface area contributed by atoms with E-state index >= 15 is 0 Å². The fourth-order valence-corrected chi connectivity index (χ4v) is 6.13. The van der Waals surface area contributed by atoms with Gasteiger partial charge in [-0.3, -0.25) is 9.59 Å². The zero-order valence-electron chi connectivity index (χ0n) is 22.0. The summed E-state index contributed by atoms with van der Waals surface area (Å²) >= 11 is 0. The number of ketones is 1. The van der Waals surface area contributed by atoms with Gasteiger partial charge >= 0.3 is 5.97 Å². The number of benzene rings is 1. The number of fused-ring (bicyclic) bond motifs is 1. The summed E-state index contributed by atoms with van der Waals surface area (Å²) in [5.74, 6) is 0.575. The summed E-state index contributed by atoms with van der Waals surface area (Å²) in [4.78, 5) is 25.5. The molecule has 198 valence electrons. The van der Waals surface area contributed by atoms with Crippen LogP contribution in [0.2, 0.25) is 0 Å². The van der Waals surface area contributed by atoms with Gasteiger partial charge in [0.05, 0.1) is 13.7 Å². The Morgan fingerprint density at radius 1 is 1.19 bits per heavy atom. The Morgan fingerprint density at radius 3 is 2.61 bits per heavy atom. The van der Waals surface area contributed by atoms with Gasteiger partial charge in [-0.1, -0.05) is 44.7 Å². The summed E-state index contributed by atoms with van der Waals surface area (Å²) in [6, 6.07) is 7.88. The van der Waals surface area contributed by atoms with E-state index in [-0.39, 0.29) is 42.9 Å². The summed E-state index contributed by atoms with van der Waals surface area (Å²) in [7, 11) is 3.23. The summed E-state index contributed by atoms with van der Waals surface area (Å²) in [6.07, 6.45) is 6.38. The van der Waals surface area contributed by atoms with Gasteiger partial charge in [-0.15, -0.1) is 0 Å². The van der Waals surface area contributed by atoms with Gasteiger partial charge in [-0.2, -0.15) is 0 Å². The Hall–Kier alpha value is -2.48. The second kappa shape index (κ2) is 12.7. The molecule has 1 aromatic carbocycles. The molecule has 0 saturated heterocycles. The van der Waals surface area contributed by atoms with Crippen molar-refractivity contribution in [3.8, 4) is 5.75 Å². The summed E-state index contributed by atoms with van der Waals surface area (Å²) < 4.78 is 28.1. The van der Waals surface area contributed by atoms with Crippen molar-refractivity contribution in [2.45, 2.75) is 58.2 Å². The van der Waals surface area contributed by atoms with Crippen molar-refractivity contribution in [2.75, 3.05) is 34.2 Å². The van der Waals surface area contributed by atoms with Gasteiger partial charge in [0.25, 0.3) is 0 Å². The average molecular weight is 501 g/mol. The number of hydrogen-bond acceptors (Lipinski definition) is 7. The number of Topliss-reactive ketones (excluding diaryl/α,β-unsaturated/α-hetero) is 1. The third-order valence-corrected chi connectivity index (χ3v) is 7.88. The molecule has 0 unspecified atom stereocenters. The van der Waals surface area contributed by atoms with Gasteiger partial charge in [0.15, 0.2) is 5.78 Å². The number of ether oxygens (including phenoxy) is 5. The quantitative estimate of drug-likeness (QED) is 0.153. The Bertz CT molecular complexity index is 937. The number of esters is 1. The van der Waals surface area contributed by atoms with E-state index in [1.165, 1.54) is 6.08 Å². The minimum Gasteiger partial charge on any atom is -0.497 e. The third-order valence-electron chi connectivity index (χ3n) is 7.88. The molecule has 36 heavy (non-hydrogen) atoms. The van der Waals surface area contributed by atoms with Crippen molar-refractivity contribution < 1.29 is 33.3 Å². The van der Waals surface area contributed by atoms with E-state index in [1.54, 1.807) is 14.2 Å². The lowest BCUT2D eigenvalue weighted by Gasteiger charge is -2.50. The highest BCUT2D eigenvalue weighted by Crippen LogP contribution is 2.62. The fourth-order valence-electron chi connectivity index (χ4n) is 6.13. The van der Waals surface area contributed by atoms with E-state index in [0.717, 1.165) is 30.6 Å². The lowest BCUT2D eigenvalue weighted by Crippen LogP contribution is -2.53. The molecular weight excluding hydrogens is 460 g/mol. The molecule has 3 rings (SSSR count). The first-order chi connectivity index (χ1) is 17.3. The van der Waals surface area contributed by atoms with Crippen LogP contribution in [0.15, 0.2) is 48.6 Å². The number of methoxy groups -OCH3 is 2. The van der Waals surface area contributed by atoms with Crippen LogP contribution < -0.4 is 4.74 Å². The molecule has 0 heterocycles. The first-order valence-electron chi connectivity index (χ1n) is 12.6. The van der Waals surface area contributed by atoms with Crippen LogP contribution in [-0.4, -0.2) is 51.6 Å². The average Bonchev–Trinajstić information content (AvgIpc) is 3.19. The Labute approximate surface area is 214 Å². The molecule has 0 radical (unpaired) electrons. The van der Waals surface area contributed by atoms with Gasteiger partial charge < -0.3 is 23.7 Å². The maximum Gasteiger partial charge on any atom is 0.313 e. The van der Waals surface area contributed by atoms with Crippen LogP contribution in [0.4, 0.5) is 0 Å². The number of carbonyl (C=O) groups excluding carboxylic acids is 2. The van der Waals surface area contributed by atoms with Crippen LogP contribution in [0.1, 0.15) is 51.5 Å². The van der Waals surface area contributed by atoms with E-state index in [4.69, 9.17) is 23.7 Å². The lowest BCUT2D eigenvalue weighted by atomic mass is 9.59. The Morgan fingerprint density at radius 2 is 1.94 bits per heavy atom. The topological polar surface area (TPSA) is 80.3 Å². The van der Waals surface area contributed by atoms with Crippen LogP contribution in [0.3, 0.4) is 0 Å². The van der Waals surface area contributed by atoms with E-state index in [9.17, 15) is 9.59 Å². The molecule has 4 atom stereocenters. The van der Waals surface area contributed by atoms with Gasteiger partial charge in [0.2, 0.25) is 0 Å². The minimum atomic E-state index is -0.800. The van der Waals surface area contributed by atoms with Gasteiger partial charge in [-0.05, 0) is 55.2 Å².